The van der Waals surface area contributed by atoms with Crippen molar-refractivity contribution >= 4 is 0 Å². The Balaban J connectivity index is 2.53. The fourth-order valence-corrected chi connectivity index (χ4v) is 2.21. The summed E-state index contributed by atoms with van der Waals surface area (Å²) in [6.07, 6.45) is 0. The second kappa shape index (κ2) is 6.09. The van der Waals surface area contributed by atoms with E-state index in [1.165, 1.54) is 18.2 Å². The Morgan fingerprint density at radius 3 is 2.35 bits per heavy atom. The Bertz CT molecular complexity index is 611. The molecule has 0 bridgehead atoms. The van der Waals surface area contributed by atoms with Crippen LogP contribution >= 0.6 is 0 Å². The van der Waals surface area contributed by atoms with Crippen molar-refractivity contribution in [2.45, 2.75) is 19.9 Å². The molecule has 0 aliphatic heterocycles. The normalized spacial score (nSPS) is 12.4. The van der Waals surface area contributed by atoms with Gasteiger partial charge in [-0.1, -0.05) is 30.7 Å². The molecule has 1 N–H and O–H groups in total. The highest BCUT2D eigenvalue weighted by atomic mass is 19.1. The van der Waals surface area contributed by atoms with E-state index in [9.17, 15) is 13.2 Å². The van der Waals surface area contributed by atoms with Crippen LogP contribution in [0.25, 0.3) is 0 Å². The number of hydrogen-bond donors (Lipinski definition) is 1. The number of benzene rings is 2. The smallest absolute Gasteiger partial charge is 0.131 e. The molecular weight excluding hydrogens is 263 g/mol. The second-order valence-electron chi connectivity index (χ2n) is 4.68. The molecule has 0 aromatic heterocycles. The molecule has 0 amide bonds. The number of aryl methyl sites for hydroxylation is 1. The summed E-state index contributed by atoms with van der Waals surface area (Å²) in [6, 6.07) is 7.38. The summed E-state index contributed by atoms with van der Waals surface area (Å²) in [6.45, 7) is 4.23. The fraction of sp³-hybridized carbons (Fsp3) is 0.250. The van der Waals surface area contributed by atoms with Crippen LogP contribution in [0.1, 0.15) is 29.7 Å². The molecule has 0 aliphatic carbocycles. The van der Waals surface area contributed by atoms with Crippen LogP contribution in [0.2, 0.25) is 0 Å². The topological polar surface area (TPSA) is 12.0 Å². The van der Waals surface area contributed by atoms with E-state index in [0.29, 0.717) is 12.1 Å². The predicted molar refractivity (Wildman–Crippen MR) is 73.0 cm³/mol. The third-order valence-corrected chi connectivity index (χ3v) is 3.14. The molecule has 2 aromatic rings. The Hall–Kier alpha value is -1.81. The molecule has 0 aliphatic rings. The first-order valence-electron chi connectivity index (χ1n) is 6.47. The van der Waals surface area contributed by atoms with Gasteiger partial charge in [0.15, 0.2) is 0 Å². The van der Waals surface area contributed by atoms with Crippen LogP contribution in [-0.2, 0) is 0 Å². The van der Waals surface area contributed by atoms with E-state index in [1.807, 2.05) is 13.8 Å². The van der Waals surface area contributed by atoms with E-state index >= 15 is 0 Å². The molecule has 0 saturated carbocycles. The molecule has 0 radical (unpaired) electrons. The average Bonchev–Trinajstić information content (AvgIpc) is 2.40. The lowest BCUT2D eigenvalue weighted by Gasteiger charge is -2.20. The number of halogens is 3. The molecule has 1 atom stereocenters. The van der Waals surface area contributed by atoms with Gasteiger partial charge in [0.25, 0.3) is 0 Å². The van der Waals surface area contributed by atoms with Gasteiger partial charge in [-0.25, -0.2) is 13.2 Å². The van der Waals surface area contributed by atoms with E-state index in [0.717, 1.165) is 11.6 Å². The SMILES string of the molecule is CCNC(c1ccc(F)cc1F)c1cc(C)ccc1F. The monoisotopic (exact) mass is 279 g/mol. The van der Waals surface area contributed by atoms with Gasteiger partial charge < -0.3 is 5.32 Å². The Kier molecular flexibility index (Phi) is 4.45. The molecule has 1 unspecified atom stereocenters. The molecule has 2 rings (SSSR count). The van der Waals surface area contributed by atoms with Crippen molar-refractivity contribution in [2.75, 3.05) is 6.54 Å². The molecule has 0 spiro atoms. The summed E-state index contributed by atoms with van der Waals surface area (Å²) in [5, 5.41) is 3.04. The minimum atomic E-state index is -0.683. The summed E-state index contributed by atoms with van der Waals surface area (Å²) >= 11 is 0. The van der Waals surface area contributed by atoms with Crippen molar-refractivity contribution in [2.24, 2.45) is 0 Å². The Labute approximate surface area is 116 Å². The Morgan fingerprint density at radius 1 is 0.950 bits per heavy atom. The molecule has 0 saturated heterocycles. The van der Waals surface area contributed by atoms with Crippen LogP contribution in [0.15, 0.2) is 36.4 Å². The van der Waals surface area contributed by atoms with Crippen LogP contribution in [0.4, 0.5) is 13.2 Å². The fourth-order valence-electron chi connectivity index (χ4n) is 2.21. The average molecular weight is 279 g/mol. The number of nitrogens with one attached hydrogen (secondary N) is 1. The molecular formula is C16H16F3N. The zero-order chi connectivity index (χ0) is 14.7. The quantitative estimate of drug-likeness (QED) is 0.888. The van der Waals surface area contributed by atoms with Crippen molar-refractivity contribution in [3.05, 3.63) is 70.5 Å². The summed E-state index contributed by atoms with van der Waals surface area (Å²) in [5.41, 5.74) is 1.47. The molecule has 106 valence electrons. The lowest BCUT2D eigenvalue weighted by molar-refractivity contribution is 0.521. The highest BCUT2D eigenvalue weighted by molar-refractivity contribution is 5.36. The van der Waals surface area contributed by atoms with Crippen molar-refractivity contribution < 1.29 is 13.2 Å². The first kappa shape index (κ1) is 14.6. The molecule has 0 heterocycles. The second-order valence-corrected chi connectivity index (χ2v) is 4.68. The summed E-state index contributed by atoms with van der Waals surface area (Å²) < 4.78 is 41.0. The van der Waals surface area contributed by atoms with Crippen molar-refractivity contribution in [1.82, 2.24) is 5.32 Å². The maximum Gasteiger partial charge on any atom is 0.131 e. The van der Waals surface area contributed by atoms with Gasteiger partial charge in [0, 0.05) is 17.2 Å². The van der Waals surface area contributed by atoms with Crippen molar-refractivity contribution in [3.63, 3.8) is 0 Å². The van der Waals surface area contributed by atoms with Gasteiger partial charge in [-0.05, 0) is 25.6 Å². The zero-order valence-electron chi connectivity index (χ0n) is 11.4. The maximum atomic E-state index is 14.0. The van der Waals surface area contributed by atoms with Gasteiger partial charge in [-0.2, -0.15) is 0 Å². The summed E-state index contributed by atoms with van der Waals surface area (Å²) in [5.74, 6) is -1.74. The van der Waals surface area contributed by atoms with E-state index in [-0.39, 0.29) is 5.56 Å². The van der Waals surface area contributed by atoms with Crippen LogP contribution in [-0.4, -0.2) is 6.54 Å². The molecule has 2 aromatic carbocycles. The lowest BCUT2D eigenvalue weighted by Crippen LogP contribution is -2.24. The van der Waals surface area contributed by atoms with Gasteiger partial charge in [0.05, 0.1) is 6.04 Å². The van der Waals surface area contributed by atoms with E-state index < -0.39 is 23.5 Å². The maximum absolute atomic E-state index is 14.0. The van der Waals surface area contributed by atoms with Gasteiger partial charge >= 0.3 is 0 Å². The van der Waals surface area contributed by atoms with Gasteiger partial charge in [0.1, 0.15) is 17.5 Å². The van der Waals surface area contributed by atoms with Crippen LogP contribution in [0.5, 0.6) is 0 Å². The molecule has 1 nitrogen and oxygen atoms in total. The third-order valence-electron chi connectivity index (χ3n) is 3.14. The van der Waals surface area contributed by atoms with Crippen molar-refractivity contribution in [1.29, 1.82) is 0 Å². The van der Waals surface area contributed by atoms with E-state index in [1.54, 1.807) is 12.1 Å². The predicted octanol–water partition coefficient (Wildman–Crippen LogP) is 4.11. The van der Waals surface area contributed by atoms with Crippen LogP contribution < -0.4 is 5.32 Å². The number of hydrogen-bond acceptors (Lipinski definition) is 1. The van der Waals surface area contributed by atoms with Gasteiger partial charge in [0.2, 0.25) is 0 Å². The third kappa shape index (κ3) is 3.02. The first-order chi connectivity index (χ1) is 9.52. The standard InChI is InChI=1S/C16H16F3N/c1-3-20-16(12-6-5-11(17)9-15(12)19)13-8-10(2)4-7-14(13)18/h4-9,16,20H,3H2,1-2H3. The molecule has 20 heavy (non-hydrogen) atoms. The number of rotatable bonds is 4. The Morgan fingerprint density at radius 2 is 1.70 bits per heavy atom. The highest BCUT2D eigenvalue weighted by Crippen LogP contribution is 2.27. The summed E-state index contributed by atoms with van der Waals surface area (Å²) in [4.78, 5) is 0. The van der Waals surface area contributed by atoms with Crippen LogP contribution in [0, 0.1) is 24.4 Å². The minimum Gasteiger partial charge on any atom is -0.306 e. The minimum absolute atomic E-state index is 0.234. The highest BCUT2D eigenvalue weighted by Gasteiger charge is 2.20. The summed E-state index contributed by atoms with van der Waals surface area (Å²) in [7, 11) is 0. The van der Waals surface area contributed by atoms with E-state index in [2.05, 4.69) is 5.32 Å². The lowest BCUT2D eigenvalue weighted by atomic mass is 9.96. The first-order valence-corrected chi connectivity index (χ1v) is 6.47. The van der Waals surface area contributed by atoms with Crippen molar-refractivity contribution in [3.8, 4) is 0 Å². The van der Waals surface area contributed by atoms with Crippen LogP contribution in [0.3, 0.4) is 0 Å². The zero-order valence-corrected chi connectivity index (χ0v) is 11.4. The molecule has 0 fully saturated rings. The largest absolute Gasteiger partial charge is 0.306 e. The van der Waals surface area contributed by atoms with Gasteiger partial charge in [-0.15, -0.1) is 0 Å². The van der Waals surface area contributed by atoms with Gasteiger partial charge in [-0.3, -0.25) is 0 Å². The molecule has 4 heteroatoms. The van der Waals surface area contributed by atoms with E-state index in [4.69, 9.17) is 0 Å².